The second kappa shape index (κ2) is 4.00. The quantitative estimate of drug-likeness (QED) is 0.813. The van der Waals surface area contributed by atoms with Crippen molar-refractivity contribution >= 4 is 11.9 Å². The zero-order valence-corrected chi connectivity index (χ0v) is 11.1. The monoisotopic (exact) mass is 246 g/mol. The summed E-state index contributed by atoms with van der Waals surface area (Å²) >= 11 is 0. The van der Waals surface area contributed by atoms with Crippen molar-refractivity contribution in [3.05, 3.63) is 35.7 Å². The zero-order valence-electron chi connectivity index (χ0n) is 11.1. The number of aromatic nitrogens is 1. The van der Waals surface area contributed by atoms with E-state index in [4.69, 9.17) is 0 Å². The number of carbonyl (C=O) groups is 1. The van der Waals surface area contributed by atoms with Gasteiger partial charge in [-0.05, 0) is 44.9 Å². The predicted molar refractivity (Wildman–Crippen MR) is 69.0 cm³/mol. The summed E-state index contributed by atoms with van der Waals surface area (Å²) in [5.41, 5.74) is 0.981. The van der Waals surface area contributed by atoms with E-state index in [1.807, 2.05) is 39.8 Å². The minimum atomic E-state index is -0.698. The molecule has 1 aromatic heterocycles. The summed E-state index contributed by atoms with van der Waals surface area (Å²) in [6.45, 7) is 7.46. The van der Waals surface area contributed by atoms with Gasteiger partial charge in [0.25, 0.3) is 0 Å². The van der Waals surface area contributed by atoms with Crippen molar-refractivity contribution in [3.63, 3.8) is 0 Å². The molecule has 0 radical (unpaired) electrons. The zero-order chi connectivity index (χ0) is 13.6. The van der Waals surface area contributed by atoms with Crippen molar-refractivity contribution in [3.8, 4) is 0 Å². The fourth-order valence-corrected chi connectivity index (χ4v) is 2.78. The maximum atomic E-state index is 11.4. The van der Waals surface area contributed by atoms with Crippen LogP contribution in [0, 0.1) is 0 Å². The molecule has 1 aliphatic rings. The Balaban J connectivity index is 2.71. The molecule has 0 spiro atoms. The fraction of sp³-hybridized carbons (Fsp3) is 0.429. The van der Waals surface area contributed by atoms with E-state index < -0.39 is 11.1 Å². The average Bonchev–Trinajstić information content (AvgIpc) is 2.47. The van der Waals surface area contributed by atoms with Crippen LogP contribution in [0.4, 0.5) is 0 Å². The van der Waals surface area contributed by atoms with Crippen LogP contribution in [0.3, 0.4) is 0 Å². The first-order chi connectivity index (χ1) is 8.33. The maximum Gasteiger partial charge on any atom is 0.148 e. The number of rotatable bonds is 2. The molecule has 0 aromatic carbocycles. The van der Waals surface area contributed by atoms with Gasteiger partial charge in [0.15, 0.2) is 0 Å². The van der Waals surface area contributed by atoms with E-state index in [1.54, 1.807) is 12.4 Å². The first kappa shape index (κ1) is 12.9. The minimum Gasteiger partial charge on any atom is -0.312 e. The molecular formula is C14H18N2O2. The second-order valence-corrected chi connectivity index (χ2v) is 5.58. The molecule has 1 aliphatic heterocycles. The van der Waals surface area contributed by atoms with E-state index in [1.165, 1.54) is 5.06 Å². The number of aldehydes is 1. The second-order valence-electron chi connectivity index (χ2n) is 5.58. The molecule has 18 heavy (non-hydrogen) atoms. The largest absolute Gasteiger partial charge is 0.312 e. The molecule has 0 atom stereocenters. The lowest BCUT2D eigenvalue weighted by Gasteiger charge is -2.36. The normalized spacial score (nSPS) is 22.3. The van der Waals surface area contributed by atoms with Gasteiger partial charge in [-0.2, -0.15) is 5.06 Å². The molecule has 0 bridgehead atoms. The highest BCUT2D eigenvalue weighted by molar-refractivity contribution is 5.95. The van der Waals surface area contributed by atoms with Gasteiger partial charge < -0.3 is 5.21 Å². The van der Waals surface area contributed by atoms with Gasteiger partial charge >= 0.3 is 0 Å². The Kier molecular flexibility index (Phi) is 2.87. The third-order valence-corrected chi connectivity index (χ3v) is 3.67. The van der Waals surface area contributed by atoms with Crippen LogP contribution in [0.25, 0.3) is 5.57 Å². The van der Waals surface area contributed by atoms with E-state index in [0.29, 0.717) is 5.57 Å². The number of hydrogen-bond donors (Lipinski definition) is 1. The van der Waals surface area contributed by atoms with Crippen molar-refractivity contribution in [2.45, 2.75) is 38.8 Å². The number of nitrogens with zero attached hydrogens (tertiary/aromatic N) is 2. The highest BCUT2D eigenvalue weighted by Gasteiger charge is 2.51. The SMILES string of the molecule is CC1(C)C(C=O)=C(c2cccnc2)C(C)(C)N1O. The average molecular weight is 246 g/mol. The van der Waals surface area contributed by atoms with Gasteiger partial charge in [-0.15, -0.1) is 0 Å². The van der Waals surface area contributed by atoms with Crippen LogP contribution in [0.5, 0.6) is 0 Å². The Bertz CT molecular complexity index is 504. The summed E-state index contributed by atoms with van der Waals surface area (Å²) in [4.78, 5) is 15.5. The first-order valence-corrected chi connectivity index (χ1v) is 5.93. The summed E-state index contributed by atoms with van der Waals surface area (Å²) in [6.07, 6.45) is 4.24. The smallest absolute Gasteiger partial charge is 0.148 e. The van der Waals surface area contributed by atoms with Crippen LogP contribution < -0.4 is 0 Å². The van der Waals surface area contributed by atoms with Gasteiger partial charge in [0.05, 0.1) is 11.1 Å². The Labute approximate surface area is 107 Å². The van der Waals surface area contributed by atoms with Gasteiger partial charge in [0, 0.05) is 18.0 Å². The Morgan fingerprint density at radius 1 is 1.28 bits per heavy atom. The molecule has 4 nitrogen and oxygen atoms in total. The van der Waals surface area contributed by atoms with Gasteiger partial charge in [-0.1, -0.05) is 6.07 Å². The summed E-state index contributed by atoms with van der Waals surface area (Å²) < 4.78 is 0. The van der Waals surface area contributed by atoms with Crippen LogP contribution in [-0.2, 0) is 4.79 Å². The van der Waals surface area contributed by atoms with E-state index in [9.17, 15) is 10.0 Å². The molecule has 0 unspecified atom stereocenters. The molecule has 0 fully saturated rings. The van der Waals surface area contributed by atoms with Crippen LogP contribution in [0.2, 0.25) is 0 Å². The minimum absolute atomic E-state index is 0.600. The van der Waals surface area contributed by atoms with Crippen molar-refractivity contribution in [1.82, 2.24) is 10.0 Å². The van der Waals surface area contributed by atoms with Crippen molar-refractivity contribution in [2.24, 2.45) is 0 Å². The number of hydroxylamine groups is 2. The molecule has 1 aromatic rings. The highest BCUT2D eigenvalue weighted by atomic mass is 16.5. The number of carbonyl (C=O) groups excluding carboxylic acids is 1. The summed E-state index contributed by atoms with van der Waals surface area (Å²) in [5.74, 6) is 0. The third kappa shape index (κ3) is 1.61. The Morgan fingerprint density at radius 3 is 2.44 bits per heavy atom. The lowest BCUT2D eigenvalue weighted by atomic mass is 9.87. The van der Waals surface area contributed by atoms with Gasteiger partial charge in [0.2, 0.25) is 0 Å². The Morgan fingerprint density at radius 2 is 1.94 bits per heavy atom. The molecule has 96 valence electrons. The van der Waals surface area contributed by atoms with Gasteiger partial charge in [0.1, 0.15) is 6.29 Å². The molecule has 0 saturated carbocycles. The van der Waals surface area contributed by atoms with Crippen molar-refractivity contribution in [2.75, 3.05) is 0 Å². The summed E-state index contributed by atoms with van der Waals surface area (Å²) in [5, 5.41) is 11.6. The van der Waals surface area contributed by atoms with Crippen LogP contribution in [0.1, 0.15) is 33.3 Å². The predicted octanol–water partition coefficient (Wildman–Crippen LogP) is 2.30. The molecule has 2 heterocycles. The number of hydrogen-bond acceptors (Lipinski definition) is 4. The van der Waals surface area contributed by atoms with Crippen molar-refractivity contribution < 1.29 is 10.0 Å². The van der Waals surface area contributed by atoms with E-state index in [0.717, 1.165) is 17.4 Å². The molecule has 2 rings (SSSR count). The van der Waals surface area contributed by atoms with Crippen LogP contribution >= 0.6 is 0 Å². The molecular weight excluding hydrogens is 228 g/mol. The lowest BCUT2D eigenvalue weighted by Crippen LogP contribution is -2.48. The van der Waals surface area contributed by atoms with Crippen LogP contribution in [-0.4, -0.2) is 32.6 Å². The van der Waals surface area contributed by atoms with E-state index >= 15 is 0 Å². The molecule has 0 aliphatic carbocycles. The first-order valence-electron chi connectivity index (χ1n) is 5.93. The third-order valence-electron chi connectivity index (χ3n) is 3.67. The number of pyridine rings is 1. The summed E-state index contributed by atoms with van der Waals surface area (Å²) in [7, 11) is 0. The molecule has 0 amide bonds. The molecule has 1 N–H and O–H groups in total. The van der Waals surface area contributed by atoms with E-state index in [-0.39, 0.29) is 0 Å². The summed E-state index contributed by atoms with van der Waals surface area (Å²) in [6, 6.07) is 3.73. The fourth-order valence-electron chi connectivity index (χ4n) is 2.78. The Hall–Kier alpha value is -1.52. The van der Waals surface area contributed by atoms with Gasteiger partial charge in [-0.3, -0.25) is 9.78 Å². The standard InChI is InChI=1S/C14H18N2O2/c1-13(2)11(9-17)12(14(3,4)16(13)18)10-6-5-7-15-8-10/h5-9,18H,1-4H3. The van der Waals surface area contributed by atoms with Crippen molar-refractivity contribution in [1.29, 1.82) is 0 Å². The molecule has 4 heteroatoms. The molecule has 0 saturated heterocycles. The van der Waals surface area contributed by atoms with Crippen LogP contribution in [0.15, 0.2) is 30.1 Å². The lowest BCUT2D eigenvalue weighted by molar-refractivity contribution is -0.183. The maximum absolute atomic E-state index is 11.4. The highest BCUT2D eigenvalue weighted by Crippen LogP contribution is 2.47. The van der Waals surface area contributed by atoms with E-state index in [2.05, 4.69) is 4.98 Å². The topological polar surface area (TPSA) is 53.4 Å². The van der Waals surface area contributed by atoms with Gasteiger partial charge in [-0.25, -0.2) is 0 Å².